The highest BCUT2D eigenvalue weighted by molar-refractivity contribution is 7.37. The molecule has 0 saturated carbocycles. The minimum atomic E-state index is -0.230. The van der Waals surface area contributed by atoms with E-state index in [1.807, 2.05) is 35.2 Å². The van der Waals surface area contributed by atoms with E-state index in [1.54, 1.807) is 18.5 Å². The van der Waals surface area contributed by atoms with Crippen LogP contribution in [-0.2, 0) is 17.8 Å². The monoisotopic (exact) mass is 518 g/mol. The van der Waals surface area contributed by atoms with Crippen LogP contribution in [0.1, 0.15) is 47.8 Å². The van der Waals surface area contributed by atoms with Gasteiger partial charge >= 0.3 is 6.09 Å². The van der Waals surface area contributed by atoms with Gasteiger partial charge in [0.25, 0.3) is 0 Å². The van der Waals surface area contributed by atoms with Crippen molar-refractivity contribution >= 4 is 14.7 Å². The van der Waals surface area contributed by atoms with Crippen LogP contribution in [0.4, 0.5) is 4.79 Å². The maximum Gasteiger partial charge on any atom is 0.410 e. The fraction of sp³-hybridized carbons (Fsp3) is 0.414. The normalized spacial score (nSPS) is 18.1. The van der Waals surface area contributed by atoms with E-state index in [0.717, 1.165) is 36.0 Å². The molecular weight excluding hydrogens is 483 g/mol. The second-order valence-electron chi connectivity index (χ2n) is 9.52. The summed E-state index contributed by atoms with van der Waals surface area (Å²) in [5.41, 5.74) is 3.48. The Morgan fingerprint density at radius 3 is 2.54 bits per heavy atom. The highest BCUT2D eigenvalue weighted by Crippen LogP contribution is 2.36. The van der Waals surface area contributed by atoms with Gasteiger partial charge in [-0.05, 0) is 73.4 Å². The standard InChI is InChI=1S/C29H35N4O3P/c34-29(36-22-37-20-19-32-16-4-1-5-17-32)33-18-13-23-7-2-3-8-26(23)28(33)24-9-11-25(12-10-24)35-21-27-30-14-6-15-31-27/h2-3,6-12,14-15,28,37H,1,4-5,13,16-22H2. The van der Waals surface area contributed by atoms with Gasteiger partial charge in [-0.15, -0.1) is 0 Å². The Balaban J connectivity index is 1.21. The van der Waals surface area contributed by atoms with E-state index < -0.39 is 0 Å². The van der Waals surface area contributed by atoms with Crippen LogP contribution in [0.15, 0.2) is 67.0 Å². The highest BCUT2D eigenvalue weighted by Gasteiger charge is 2.32. The van der Waals surface area contributed by atoms with Gasteiger partial charge < -0.3 is 14.4 Å². The number of ether oxygens (including phenoxy) is 2. The lowest BCUT2D eigenvalue weighted by atomic mass is 9.88. The molecule has 1 saturated heterocycles. The van der Waals surface area contributed by atoms with E-state index in [-0.39, 0.29) is 12.1 Å². The number of carbonyl (C=O) groups is 1. The Morgan fingerprint density at radius 1 is 0.946 bits per heavy atom. The van der Waals surface area contributed by atoms with Crippen molar-refractivity contribution in [3.63, 3.8) is 0 Å². The van der Waals surface area contributed by atoms with Crippen molar-refractivity contribution in [2.45, 2.75) is 38.3 Å². The molecule has 1 aromatic heterocycles. The Morgan fingerprint density at radius 2 is 1.73 bits per heavy atom. The van der Waals surface area contributed by atoms with Gasteiger partial charge in [-0.25, -0.2) is 14.8 Å². The smallest absolute Gasteiger partial charge is 0.410 e. The van der Waals surface area contributed by atoms with Crippen molar-refractivity contribution in [3.05, 3.63) is 89.5 Å². The third-order valence-electron chi connectivity index (χ3n) is 7.05. The van der Waals surface area contributed by atoms with Crippen molar-refractivity contribution in [2.75, 3.05) is 38.7 Å². The van der Waals surface area contributed by atoms with Crippen LogP contribution in [0.25, 0.3) is 0 Å². The highest BCUT2D eigenvalue weighted by atomic mass is 31.1. The minimum absolute atomic E-state index is 0.180. The number of aromatic nitrogens is 2. The molecule has 7 nitrogen and oxygen atoms in total. The summed E-state index contributed by atoms with van der Waals surface area (Å²) in [6.07, 6.45) is 9.57. The number of hydrogen-bond acceptors (Lipinski definition) is 6. The second kappa shape index (κ2) is 13.0. The summed E-state index contributed by atoms with van der Waals surface area (Å²) in [6.45, 7) is 4.48. The largest absolute Gasteiger partial charge is 0.486 e. The molecule has 2 unspecified atom stereocenters. The van der Waals surface area contributed by atoms with Crippen LogP contribution >= 0.6 is 8.58 Å². The summed E-state index contributed by atoms with van der Waals surface area (Å²) in [5, 5.41) is 0. The molecule has 2 atom stereocenters. The topological polar surface area (TPSA) is 67.8 Å². The van der Waals surface area contributed by atoms with Crippen molar-refractivity contribution in [3.8, 4) is 5.75 Å². The number of nitrogens with zero attached hydrogens (tertiary/aromatic N) is 4. The molecule has 1 fully saturated rings. The Kier molecular flexibility index (Phi) is 8.99. The molecule has 194 valence electrons. The predicted octanol–water partition coefficient (Wildman–Crippen LogP) is 5.26. The van der Waals surface area contributed by atoms with Crippen molar-refractivity contribution in [1.82, 2.24) is 19.8 Å². The first-order valence-corrected chi connectivity index (χ1v) is 14.6. The molecule has 3 heterocycles. The summed E-state index contributed by atoms with van der Waals surface area (Å²) in [5.74, 6) is 1.38. The van der Waals surface area contributed by atoms with Gasteiger partial charge in [0.15, 0.2) is 5.82 Å². The lowest BCUT2D eigenvalue weighted by molar-refractivity contribution is 0.104. The minimum Gasteiger partial charge on any atom is -0.486 e. The number of fused-ring (bicyclic) bond motifs is 1. The number of likely N-dealkylation sites (tertiary alicyclic amines) is 1. The Bertz CT molecular complexity index is 1140. The first kappa shape index (κ1) is 25.6. The molecule has 3 aromatic rings. The molecule has 2 aliphatic rings. The summed E-state index contributed by atoms with van der Waals surface area (Å²) in [4.78, 5) is 26.1. The Hall–Kier alpha value is -3.02. The summed E-state index contributed by atoms with van der Waals surface area (Å²) in [6, 6.07) is 18.0. The molecular formula is C29H35N4O3P. The maximum absolute atomic E-state index is 13.2. The van der Waals surface area contributed by atoms with Gasteiger partial charge in [-0.3, -0.25) is 4.90 Å². The van der Waals surface area contributed by atoms with Crippen LogP contribution in [-0.4, -0.2) is 64.5 Å². The SMILES string of the molecule is O=C(OCPCCN1CCCCC1)N1CCc2ccccc2C1c1ccc(OCc2ncccn2)cc1. The lowest BCUT2D eigenvalue weighted by Gasteiger charge is -2.37. The first-order chi connectivity index (χ1) is 18.3. The molecule has 2 aromatic carbocycles. The summed E-state index contributed by atoms with van der Waals surface area (Å²) < 4.78 is 11.7. The van der Waals surface area contributed by atoms with Crippen LogP contribution in [0.3, 0.4) is 0 Å². The Labute approximate surface area is 221 Å². The summed E-state index contributed by atoms with van der Waals surface area (Å²) >= 11 is 0. The zero-order valence-corrected chi connectivity index (χ0v) is 22.2. The first-order valence-electron chi connectivity index (χ1n) is 13.2. The van der Waals surface area contributed by atoms with Gasteiger partial charge in [0, 0.05) is 25.5 Å². The molecule has 0 bridgehead atoms. The van der Waals surface area contributed by atoms with E-state index in [0.29, 0.717) is 33.9 Å². The number of rotatable bonds is 9. The molecule has 37 heavy (non-hydrogen) atoms. The van der Waals surface area contributed by atoms with Crippen molar-refractivity contribution in [2.24, 2.45) is 0 Å². The average molecular weight is 519 g/mol. The number of carbonyl (C=O) groups excluding carboxylic acids is 1. The van der Waals surface area contributed by atoms with Gasteiger partial charge in [0.1, 0.15) is 18.7 Å². The number of hydrogen-bond donors (Lipinski definition) is 0. The summed E-state index contributed by atoms with van der Waals surface area (Å²) in [7, 11) is 0.633. The second-order valence-corrected chi connectivity index (χ2v) is 10.8. The fourth-order valence-electron chi connectivity index (χ4n) is 5.11. The quantitative estimate of drug-likeness (QED) is 0.284. The van der Waals surface area contributed by atoms with Crippen LogP contribution in [0, 0.1) is 0 Å². The fourth-order valence-corrected chi connectivity index (χ4v) is 5.95. The zero-order valence-electron chi connectivity index (χ0n) is 21.2. The van der Waals surface area contributed by atoms with E-state index in [2.05, 4.69) is 33.1 Å². The molecule has 0 radical (unpaired) electrons. The molecule has 0 spiro atoms. The van der Waals surface area contributed by atoms with Gasteiger partial charge in [-0.2, -0.15) is 0 Å². The van der Waals surface area contributed by atoms with Crippen LogP contribution in [0.5, 0.6) is 5.75 Å². The molecule has 0 N–H and O–H groups in total. The molecule has 1 amide bonds. The average Bonchev–Trinajstić information content (AvgIpc) is 2.96. The van der Waals surface area contributed by atoms with E-state index in [9.17, 15) is 4.79 Å². The van der Waals surface area contributed by atoms with E-state index in [1.165, 1.54) is 37.9 Å². The van der Waals surface area contributed by atoms with Crippen LogP contribution < -0.4 is 4.74 Å². The van der Waals surface area contributed by atoms with E-state index >= 15 is 0 Å². The number of piperidine rings is 1. The number of benzene rings is 2. The van der Waals surface area contributed by atoms with Gasteiger partial charge in [-0.1, -0.05) is 51.4 Å². The van der Waals surface area contributed by atoms with Gasteiger partial charge in [0.05, 0.1) is 6.04 Å². The maximum atomic E-state index is 13.2. The third-order valence-corrected chi connectivity index (χ3v) is 7.98. The van der Waals surface area contributed by atoms with Crippen molar-refractivity contribution < 1.29 is 14.3 Å². The zero-order chi connectivity index (χ0) is 25.3. The number of amides is 1. The van der Waals surface area contributed by atoms with Crippen LogP contribution in [0.2, 0.25) is 0 Å². The molecule has 0 aliphatic carbocycles. The molecule has 8 heteroatoms. The third kappa shape index (κ3) is 6.85. The van der Waals surface area contributed by atoms with Gasteiger partial charge in [0.2, 0.25) is 0 Å². The molecule has 2 aliphatic heterocycles. The molecule has 5 rings (SSSR count). The lowest BCUT2D eigenvalue weighted by Crippen LogP contribution is -2.40. The predicted molar refractivity (Wildman–Crippen MR) is 146 cm³/mol. The van der Waals surface area contributed by atoms with E-state index in [4.69, 9.17) is 9.47 Å². The van der Waals surface area contributed by atoms with Crippen molar-refractivity contribution in [1.29, 1.82) is 0 Å².